The van der Waals surface area contributed by atoms with Gasteiger partial charge in [-0.05, 0) is 70.7 Å². The van der Waals surface area contributed by atoms with Gasteiger partial charge >= 0.3 is 0 Å². The molecule has 9 heteroatoms. The van der Waals surface area contributed by atoms with Crippen LogP contribution in [-0.4, -0.2) is 61.6 Å². The van der Waals surface area contributed by atoms with E-state index in [0.29, 0.717) is 44.5 Å². The normalized spacial score (nSPS) is 20.0. The van der Waals surface area contributed by atoms with Crippen LogP contribution in [0.25, 0.3) is 0 Å². The highest BCUT2D eigenvalue weighted by Crippen LogP contribution is 2.28. The molecule has 1 aliphatic carbocycles. The van der Waals surface area contributed by atoms with Crippen molar-refractivity contribution in [1.82, 2.24) is 4.72 Å². The monoisotopic (exact) mass is 441 g/mol. The van der Waals surface area contributed by atoms with Crippen molar-refractivity contribution in [3.8, 4) is 0 Å². The number of amides is 1. The molecule has 0 spiro atoms. The van der Waals surface area contributed by atoms with E-state index in [1.807, 2.05) is 17.0 Å². The van der Waals surface area contributed by atoms with Gasteiger partial charge in [-0.1, -0.05) is 0 Å². The molecule has 1 saturated carbocycles. The fourth-order valence-electron chi connectivity index (χ4n) is 3.48. The Balaban J connectivity index is 1.87. The van der Waals surface area contributed by atoms with Crippen molar-refractivity contribution in [1.29, 1.82) is 0 Å². The van der Waals surface area contributed by atoms with E-state index in [4.69, 9.17) is 10.2 Å². The summed E-state index contributed by atoms with van der Waals surface area (Å²) in [6.45, 7) is 5.86. The Labute approximate surface area is 179 Å². The maximum atomic E-state index is 12.6. The number of sulfonamides is 1. The highest BCUT2D eigenvalue weighted by atomic mass is 32.2. The molecule has 0 bridgehead atoms. The Morgan fingerprint density at radius 3 is 2.03 bits per heavy atom. The first-order valence-electron chi connectivity index (χ1n) is 10.5. The summed E-state index contributed by atoms with van der Waals surface area (Å²) in [5.41, 5.74) is 1.55. The topological polar surface area (TPSA) is 119 Å². The number of nitrogens with zero attached hydrogens (tertiary/aromatic N) is 1. The number of carbonyl (C=O) groups excluding carboxylic acids is 1. The van der Waals surface area contributed by atoms with Crippen LogP contribution in [0.1, 0.15) is 46.5 Å². The van der Waals surface area contributed by atoms with Crippen molar-refractivity contribution in [2.24, 2.45) is 5.92 Å². The lowest BCUT2D eigenvalue weighted by Crippen LogP contribution is -2.46. The second kappa shape index (κ2) is 10.6. The molecule has 30 heavy (non-hydrogen) atoms. The zero-order valence-corrected chi connectivity index (χ0v) is 18.9. The Kier molecular flexibility index (Phi) is 8.66. The third-order valence-electron chi connectivity index (χ3n) is 5.47. The first kappa shape index (κ1) is 24.6. The van der Waals surface area contributed by atoms with Crippen LogP contribution in [-0.2, 0) is 14.8 Å². The van der Waals surface area contributed by atoms with Gasteiger partial charge in [0, 0.05) is 36.4 Å². The quantitative estimate of drug-likeness (QED) is 0.463. The van der Waals surface area contributed by atoms with E-state index in [2.05, 4.69) is 10.0 Å². The zero-order chi connectivity index (χ0) is 22.4. The second-order valence-electron chi connectivity index (χ2n) is 8.75. The van der Waals surface area contributed by atoms with Gasteiger partial charge in [-0.15, -0.1) is 0 Å². The van der Waals surface area contributed by atoms with Crippen LogP contribution in [0, 0.1) is 5.92 Å². The molecule has 0 atom stereocenters. The SMILES string of the molecule is CC(C)(C)S(=O)(=O)NC1CCC(C(=O)Nc2ccc(N(CCO)CCO)cc2)CC1. The van der Waals surface area contributed by atoms with Gasteiger partial charge in [-0.3, -0.25) is 4.79 Å². The van der Waals surface area contributed by atoms with Gasteiger partial charge in [-0.25, -0.2) is 13.1 Å². The molecule has 0 aromatic heterocycles. The molecule has 170 valence electrons. The molecule has 0 aliphatic heterocycles. The highest BCUT2D eigenvalue weighted by Gasteiger charge is 2.34. The largest absolute Gasteiger partial charge is 0.395 e. The van der Waals surface area contributed by atoms with E-state index in [0.717, 1.165) is 5.69 Å². The third-order valence-corrected chi connectivity index (χ3v) is 7.72. The maximum absolute atomic E-state index is 12.6. The fourth-order valence-corrected chi connectivity index (χ4v) is 4.51. The average Bonchev–Trinajstić information content (AvgIpc) is 2.68. The van der Waals surface area contributed by atoms with E-state index in [9.17, 15) is 13.2 Å². The summed E-state index contributed by atoms with van der Waals surface area (Å²) in [5, 5.41) is 21.2. The highest BCUT2D eigenvalue weighted by molar-refractivity contribution is 7.90. The number of anilines is 2. The predicted octanol–water partition coefficient (Wildman–Crippen LogP) is 1.69. The summed E-state index contributed by atoms with van der Waals surface area (Å²) in [6, 6.07) is 7.18. The molecule has 0 saturated heterocycles. The molecular formula is C21H35N3O5S. The van der Waals surface area contributed by atoms with Gasteiger partial charge in [0.1, 0.15) is 0 Å². The van der Waals surface area contributed by atoms with Gasteiger partial charge in [0.05, 0.1) is 18.0 Å². The lowest BCUT2D eigenvalue weighted by atomic mass is 9.86. The number of benzene rings is 1. The van der Waals surface area contributed by atoms with E-state index >= 15 is 0 Å². The van der Waals surface area contributed by atoms with Crippen LogP contribution in [0.4, 0.5) is 11.4 Å². The number of carbonyl (C=O) groups is 1. The van der Waals surface area contributed by atoms with Crippen molar-refractivity contribution >= 4 is 27.3 Å². The van der Waals surface area contributed by atoms with Gasteiger partial charge in [-0.2, -0.15) is 0 Å². The molecule has 2 rings (SSSR count). The summed E-state index contributed by atoms with van der Waals surface area (Å²) < 4.78 is 26.6. The summed E-state index contributed by atoms with van der Waals surface area (Å²) in [7, 11) is -3.39. The van der Waals surface area contributed by atoms with E-state index in [1.54, 1.807) is 32.9 Å². The molecule has 4 N–H and O–H groups in total. The van der Waals surface area contributed by atoms with Crippen LogP contribution >= 0.6 is 0 Å². The Hall–Kier alpha value is -1.68. The number of rotatable bonds is 9. The van der Waals surface area contributed by atoms with Crippen LogP contribution < -0.4 is 14.9 Å². The molecule has 0 unspecified atom stereocenters. The number of hydrogen-bond acceptors (Lipinski definition) is 6. The minimum absolute atomic E-state index is 0.00687. The molecular weight excluding hydrogens is 406 g/mol. The lowest BCUT2D eigenvalue weighted by Gasteiger charge is -2.30. The summed E-state index contributed by atoms with van der Waals surface area (Å²) in [6.07, 6.45) is 2.57. The van der Waals surface area contributed by atoms with Crippen molar-refractivity contribution in [3.05, 3.63) is 24.3 Å². The number of hydrogen-bond donors (Lipinski definition) is 4. The van der Waals surface area contributed by atoms with Crippen LogP contribution in [0.15, 0.2) is 24.3 Å². The predicted molar refractivity (Wildman–Crippen MR) is 119 cm³/mol. The molecule has 1 aliphatic rings. The second-order valence-corrected chi connectivity index (χ2v) is 11.2. The number of aliphatic hydroxyl groups is 2. The Morgan fingerprint density at radius 2 is 1.57 bits per heavy atom. The summed E-state index contributed by atoms with van der Waals surface area (Å²) in [5.74, 6) is -0.192. The van der Waals surface area contributed by atoms with Crippen molar-refractivity contribution in [2.45, 2.75) is 57.2 Å². The van der Waals surface area contributed by atoms with Gasteiger partial charge in [0.15, 0.2) is 0 Å². The van der Waals surface area contributed by atoms with Crippen LogP contribution in [0.5, 0.6) is 0 Å². The van der Waals surface area contributed by atoms with E-state index < -0.39 is 14.8 Å². The maximum Gasteiger partial charge on any atom is 0.227 e. The number of nitrogens with one attached hydrogen (secondary N) is 2. The van der Waals surface area contributed by atoms with Crippen molar-refractivity contribution in [2.75, 3.05) is 36.5 Å². The molecule has 1 aromatic carbocycles. The van der Waals surface area contributed by atoms with Crippen LogP contribution in [0.3, 0.4) is 0 Å². The van der Waals surface area contributed by atoms with Gasteiger partial charge < -0.3 is 20.4 Å². The molecule has 1 aromatic rings. The van der Waals surface area contributed by atoms with Crippen molar-refractivity contribution < 1.29 is 23.4 Å². The van der Waals surface area contributed by atoms with E-state index in [1.165, 1.54) is 0 Å². The fraction of sp³-hybridized carbons (Fsp3) is 0.667. The summed E-state index contributed by atoms with van der Waals surface area (Å²) in [4.78, 5) is 14.5. The standard InChI is InChI=1S/C21H35N3O5S/c1-21(2,3)30(28,29)23-18-6-4-16(5-7-18)20(27)22-17-8-10-19(11-9-17)24(12-14-25)13-15-26/h8-11,16,18,23,25-26H,4-7,12-15H2,1-3H3,(H,22,27). The molecule has 0 heterocycles. The molecule has 1 fully saturated rings. The van der Waals surface area contributed by atoms with E-state index in [-0.39, 0.29) is 31.1 Å². The lowest BCUT2D eigenvalue weighted by molar-refractivity contribution is -0.120. The Bertz CT molecular complexity index is 776. The number of aliphatic hydroxyl groups excluding tert-OH is 2. The van der Waals surface area contributed by atoms with Gasteiger partial charge in [0.25, 0.3) is 0 Å². The first-order valence-corrected chi connectivity index (χ1v) is 11.9. The minimum atomic E-state index is -3.39. The molecule has 1 amide bonds. The molecule has 0 radical (unpaired) electrons. The summed E-state index contributed by atoms with van der Waals surface area (Å²) >= 11 is 0. The van der Waals surface area contributed by atoms with Crippen molar-refractivity contribution in [3.63, 3.8) is 0 Å². The average molecular weight is 442 g/mol. The zero-order valence-electron chi connectivity index (χ0n) is 18.1. The smallest absolute Gasteiger partial charge is 0.227 e. The Morgan fingerprint density at radius 1 is 1.03 bits per heavy atom. The minimum Gasteiger partial charge on any atom is -0.395 e. The first-order chi connectivity index (χ1) is 14.1. The van der Waals surface area contributed by atoms with Gasteiger partial charge in [0.2, 0.25) is 15.9 Å². The molecule has 8 nitrogen and oxygen atoms in total. The third kappa shape index (κ3) is 6.66. The van der Waals surface area contributed by atoms with Crippen LogP contribution in [0.2, 0.25) is 0 Å².